The van der Waals surface area contributed by atoms with Gasteiger partial charge in [0.2, 0.25) is 0 Å². The highest BCUT2D eigenvalue weighted by Gasteiger charge is 2.28. The largest absolute Gasteiger partial charge is 0.381 e. The molecular formula is C13H25NO2. The molecule has 3 nitrogen and oxygen atoms in total. The number of rotatable bonds is 3. The van der Waals surface area contributed by atoms with Crippen molar-refractivity contribution in [2.45, 2.75) is 51.2 Å². The fourth-order valence-electron chi connectivity index (χ4n) is 2.69. The number of ether oxygens (including phenoxy) is 2. The molecule has 0 saturated carbocycles. The van der Waals surface area contributed by atoms with E-state index in [9.17, 15) is 0 Å². The Morgan fingerprint density at radius 3 is 2.56 bits per heavy atom. The molecule has 0 amide bonds. The summed E-state index contributed by atoms with van der Waals surface area (Å²) >= 11 is 0. The van der Waals surface area contributed by atoms with Crippen LogP contribution >= 0.6 is 0 Å². The summed E-state index contributed by atoms with van der Waals surface area (Å²) in [5.74, 6) is 0.819. The van der Waals surface area contributed by atoms with Crippen LogP contribution in [0.5, 0.6) is 0 Å². The average Bonchev–Trinajstić information content (AvgIpc) is 2.27. The minimum atomic E-state index is 0.0611. The third-order valence-electron chi connectivity index (χ3n) is 3.73. The van der Waals surface area contributed by atoms with Crippen molar-refractivity contribution >= 4 is 0 Å². The van der Waals surface area contributed by atoms with Crippen molar-refractivity contribution < 1.29 is 9.47 Å². The van der Waals surface area contributed by atoms with Gasteiger partial charge in [0.15, 0.2) is 0 Å². The van der Waals surface area contributed by atoms with E-state index in [2.05, 4.69) is 19.2 Å². The van der Waals surface area contributed by atoms with Crippen LogP contribution in [0.3, 0.4) is 0 Å². The molecule has 2 saturated heterocycles. The van der Waals surface area contributed by atoms with Crippen LogP contribution in [-0.4, -0.2) is 38.0 Å². The van der Waals surface area contributed by atoms with Gasteiger partial charge in [-0.05, 0) is 52.0 Å². The Kier molecular flexibility index (Phi) is 4.22. The minimum absolute atomic E-state index is 0.0611. The Bertz CT molecular complexity index is 212. The van der Waals surface area contributed by atoms with Crippen molar-refractivity contribution in [1.82, 2.24) is 5.32 Å². The van der Waals surface area contributed by atoms with Crippen LogP contribution in [0.1, 0.15) is 39.5 Å². The molecule has 2 rings (SSSR count). The summed E-state index contributed by atoms with van der Waals surface area (Å²) < 4.78 is 11.1. The summed E-state index contributed by atoms with van der Waals surface area (Å²) in [4.78, 5) is 0. The SMILES string of the molecule is CC1(C)CC(NCC2CCOCC2)CCO1. The van der Waals surface area contributed by atoms with Crippen LogP contribution in [0.4, 0.5) is 0 Å². The van der Waals surface area contributed by atoms with Crippen molar-refractivity contribution in [3.05, 3.63) is 0 Å². The summed E-state index contributed by atoms with van der Waals surface area (Å²) in [5, 5.41) is 3.71. The third-order valence-corrected chi connectivity index (χ3v) is 3.73. The van der Waals surface area contributed by atoms with Gasteiger partial charge in [0, 0.05) is 25.9 Å². The second-order valence-electron chi connectivity index (χ2n) is 5.76. The maximum absolute atomic E-state index is 5.73. The fourth-order valence-corrected chi connectivity index (χ4v) is 2.69. The van der Waals surface area contributed by atoms with Crippen LogP contribution in [0, 0.1) is 5.92 Å². The Morgan fingerprint density at radius 1 is 1.12 bits per heavy atom. The van der Waals surface area contributed by atoms with Crippen molar-refractivity contribution in [2.75, 3.05) is 26.4 Å². The lowest BCUT2D eigenvalue weighted by Crippen LogP contribution is -2.45. The van der Waals surface area contributed by atoms with Gasteiger partial charge in [0.1, 0.15) is 0 Å². The molecule has 2 heterocycles. The van der Waals surface area contributed by atoms with Crippen LogP contribution in [0.2, 0.25) is 0 Å². The molecule has 94 valence electrons. The van der Waals surface area contributed by atoms with Gasteiger partial charge >= 0.3 is 0 Å². The monoisotopic (exact) mass is 227 g/mol. The van der Waals surface area contributed by atoms with Gasteiger partial charge in [-0.15, -0.1) is 0 Å². The highest BCUT2D eigenvalue weighted by Crippen LogP contribution is 2.24. The molecule has 0 radical (unpaired) electrons. The molecule has 3 heteroatoms. The summed E-state index contributed by atoms with van der Waals surface area (Å²) in [5.41, 5.74) is 0.0611. The number of hydrogen-bond donors (Lipinski definition) is 1. The van der Waals surface area contributed by atoms with Crippen molar-refractivity contribution in [2.24, 2.45) is 5.92 Å². The predicted octanol–water partition coefficient (Wildman–Crippen LogP) is 1.96. The molecule has 2 fully saturated rings. The van der Waals surface area contributed by atoms with E-state index in [0.717, 1.165) is 45.1 Å². The van der Waals surface area contributed by atoms with Gasteiger partial charge in [-0.3, -0.25) is 0 Å². The van der Waals surface area contributed by atoms with Gasteiger partial charge < -0.3 is 14.8 Å². The maximum Gasteiger partial charge on any atom is 0.0641 e. The molecule has 1 unspecified atom stereocenters. The fraction of sp³-hybridized carbons (Fsp3) is 1.00. The topological polar surface area (TPSA) is 30.5 Å². The Hall–Kier alpha value is -0.120. The van der Waals surface area contributed by atoms with Crippen LogP contribution in [0.25, 0.3) is 0 Å². The quantitative estimate of drug-likeness (QED) is 0.799. The lowest BCUT2D eigenvalue weighted by Gasteiger charge is -2.36. The summed E-state index contributed by atoms with van der Waals surface area (Å²) in [7, 11) is 0. The van der Waals surface area contributed by atoms with Crippen LogP contribution in [-0.2, 0) is 9.47 Å². The first-order valence-electron chi connectivity index (χ1n) is 6.61. The van der Waals surface area contributed by atoms with Crippen molar-refractivity contribution in [3.63, 3.8) is 0 Å². The van der Waals surface area contributed by atoms with Gasteiger partial charge in [-0.1, -0.05) is 0 Å². The number of nitrogens with one attached hydrogen (secondary N) is 1. The Labute approximate surface area is 98.9 Å². The molecule has 0 bridgehead atoms. The van der Waals surface area contributed by atoms with Crippen LogP contribution in [0.15, 0.2) is 0 Å². The summed E-state index contributed by atoms with van der Waals surface area (Å²) in [6.07, 6.45) is 4.74. The molecule has 2 aliphatic rings. The summed E-state index contributed by atoms with van der Waals surface area (Å²) in [6.45, 7) is 8.34. The van der Waals surface area contributed by atoms with Gasteiger partial charge in [-0.2, -0.15) is 0 Å². The second kappa shape index (κ2) is 5.48. The van der Waals surface area contributed by atoms with E-state index in [1.165, 1.54) is 12.8 Å². The van der Waals surface area contributed by atoms with E-state index in [4.69, 9.17) is 9.47 Å². The average molecular weight is 227 g/mol. The molecule has 16 heavy (non-hydrogen) atoms. The predicted molar refractivity (Wildman–Crippen MR) is 64.6 cm³/mol. The maximum atomic E-state index is 5.73. The van der Waals surface area contributed by atoms with E-state index in [0.29, 0.717) is 6.04 Å². The van der Waals surface area contributed by atoms with E-state index in [1.807, 2.05) is 0 Å². The molecular weight excluding hydrogens is 202 g/mol. The van der Waals surface area contributed by atoms with E-state index >= 15 is 0 Å². The molecule has 0 aromatic carbocycles. The zero-order valence-corrected chi connectivity index (χ0v) is 10.6. The first-order valence-corrected chi connectivity index (χ1v) is 6.61. The molecule has 0 aliphatic carbocycles. The van der Waals surface area contributed by atoms with Gasteiger partial charge in [0.25, 0.3) is 0 Å². The van der Waals surface area contributed by atoms with Crippen LogP contribution < -0.4 is 5.32 Å². The van der Waals surface area contributed by atoms with Crippen molar-refractivity contribution in [1.29, 1.82) is 0 Å². The minimum Gasteiger partial charge on any atom is -0.381 e. The lowest BCUT2D eigenvalue weighted by molar-refractivity contribution is -0.0636. The lowest BCUT2D eigenvalue weighted by atomic mass is 9.93. The smallest absolute Gasteiger partial charge is 0.0641 e. The molecule has 0 aromatic heterocycles. The van der Waals surface area contributed by atoms with E-state index in [1.54, 1.807) is 0 Å². The first kappa shape index (κ1) is 12.3. The number of hydrogen-bond acceptors (Lipinski definition) is 3. The van der Waals surface area contributed by atoms with Gasteiger partial charge in [0.05, 0.1) is 5.60 Å². The standard InChI is InChI=1S/C13H25NO2/c1-13(2)9-12(5-8-16-13)14-10-11-3-6-15-7-4-11/h11-12,14H,3-10H2,1-2H3. The molecule has 2 aliphatic heterocycles. The highest BCUT2D eigenvalue weighted by molar-refractivity contribution is 4.83. The Morgan fingerprint density at radius 2 is 1.88 bits per heavy atom. The highest BCUT2D eigenvalue weighted by atomic mass is 16.5. The molecule has 0 aromatic rings. The zero-order chi connectivity index (χ0) is 11.4. The van der Waals surface area contributed by atoms with E-state index in [-0.39, 0.29) is 5.60 Å². The molecule has 1 N–H and O–H groups in total. The first-order chi connectivity index (χ1) is 7.66. The molecule has 1 atom stereocenters. The Balaban J connectivity index is 1.68. The zero-order valence-electron chi connectivity index (χ0n) is 10.6. The second-order valence-corrected chi connectivity index (χ2v) is 5.76. The third kappa shape index (κ3) is 3.72. The molecule has 0 spiro atoms. The van der Waals surface area contributed by atoms with Crippen molar-refractivity contribution in [3.8, 4) is 0 Å². The van der Waals surface area contributed by atoms with Gasteiger partial charge in [-0.25, -0.2) is 0 Å². The summed E-state index contributed by atoms with van der Waals surface area (Å²) in [6, 6.07) is 0.645. The van der Waals surface area contributed by atoms with E-state index < -0.39 is 0 Å². The normalized spacial score (nSPS) is 31.5.